The van der Waals surface area contributed by atoms with E-state index in [0.717, 1.165) is 31.2 Å². The minimum atomic E-state index is -0.865. The molecule has 4 saturated heterocycles. The number of rotatable bonds is 6. The number of carbonyl (C=O) groups excluding carboxylic acids is 1. The number of nitro benzene ring substituents is 1. The lowest BCUT2D eigenvalue weighted by molar-refractivity contribution is -0.547. The summed E-state index contributed by atoms with van der Waals surface area (Å²) < 4.78 is 12.3. The molecular weight excluding hydrogens is 428 g/mol. The van der Waals surface area contributed by atoms with Gasteiger partial charge in [0.2, 0.25) is 11.7 Å². The first-order valence-corrected chi connectivity index (χ1v) is 11.9. The Kier molecular flexibility index (Phi) is 5.71. The Hall–Kier alpha value is -2.07. The molecule has 0 aromatic heterocycles. The molecule has 9 nitrogen and oxygen atoms in total. The highest BCUT2D eigenvalue weighted by atomic mass is 17.3. The predicted octanol–water partition coefficient (Wildman–Crippen LogP) is 3.81. The molecule has 9 heteroatoms. The molecule has 1 amide bonds. The van der Waals surface area contributed by atoms with Crippen LogP contribution < -0.4 is 0 Å². The standard InChI is InChI=1S/C24H32N2O7/c1-15-4-9-20-16(2)21(27)25(12-13-30-14-17-5-7-18(8-6-17)26(28)29)22-24(20)19(15)10-11-23(3,31-22)32-33-24/h5-8,15-16,19-20,22H,4,9-14H2,1-3H3/t15-,16-,19+,20+,22-,23-,24-/m1/s1. The highest BCUT2D eigenvalue weighted by molar-refractivity contribution is 5.80. The van der Waals surface area contributed by atoms with Crippen molar-refractivity contribution in [1.29, 1.82) is 0 Å². The summed E-state index contributed by atoms with van der Waals surface area (Å²) in [6.07, 6.45) is 3.20. The van der Waals surface area contributed by atoms with Gasteiger partial charge in [0, 0.05) is 36.9 Å². The molecular formula is C24H32N2O7. The second-order valence-electron chi connectivity index (χ2n) is 10.2. The zero-order valence-electron chi connectivity index (χ0n) is 19.4. The molecule has 0 unspecified atom stereocenters. The van der Waals surface area contributed by atoms with Crippen molar-refractivity contribution < 1.29 is 29.0 Å². The van der Waals surface area contributed by atoms with Crippen LogP contribution in [0.25, 0.3) is 0 Å². The lowest BCUT2D eigenvalue weighted by Crippen LogP contribution is -2.75. The van der Waals surface area contributed by atoms with E-state index in [4.69, 9.17) is 19.2 Å². The van der Waals surface area contributed by atoms with Gasteiger partial charge in [-0.3, -0.25) is 14.9 Å². The fraction of sp³-hybridized carbons (Fsp3) is 0.708. The Labute approximate surface area is 193 Å². The fourth-order valence-electron chi connectivity index (χ4n) is 6.45. The van der Waals surface area contributed by atoms with E-state index in [0.29, 0.717) is 25.7 Å². The minimum Gasteiger partial charge on any atom is -0.375 e. The number of ether oxygens (including phenoxy) is 2. The van der Waals surface area contributed by atoms with Crippen molar-refractivity contribution in [2.45, 2.75) is 70.7 Å². The maximum atomic E-state index is 13.4. The average molecular weight is 461 g/mol. The van der Waals surface area contributed by atoms with Crippen LogP contribution >= 0.6 is 0 Å². The van der Waals surface area contributed by atoms with E-state index in [-0.39, 0.29) is 29.3 Å². The number of carbonyl (C=O) groups is 1. The van der Waals surface area contributed by atoms with E-state index in [1.165, 1.54) is 12.1 Å². The number of nitrogens with zero attached hydrogens (tertiary/aromatic N) is 2. The van der Waals surface area contributed by atoms with E-state index in [9.17, 15) is 14.9 Å². The van der Waals surface area contributed by atoms with Crippen LogP contribution in [-0.2, 0) is 30.7 Å². The van der Waals surface area contributed by atoms with Crippen molar-refractivity contribution in [3.8, 4) is 0 Å². The van der Waals surface area contributed by atoms with Crippen molar-refractivity contribution in [3.63, 3.8) is 0 Å². The number of non-ortho nitro benzene ring substituents is 1. The summed E-state index contributed by atoms with van der Waals surface area (Å²) in [5, 5.41) is 10.8. The van der Waals surface area contributed by atoms with Gasteiger partial charge in [-0.05, 0) is 55.7 Å². The smallest absolute Gasteiger partial charge is 0.269 e. The molecule has 6 rings (SSSR count). The summed E-state index contributed by atoms with van der Waals surface area (Å²) in [5.41, 5.74) is 0.236. The molecule has 0 radical (unpaired) electrons. The second-order valence-corrected chi connectivity index (χ2v) is 10.2. The highest BCUT2D eigenvalue weighted by Crippen LogP contribution is 2.60. The molecule has 5 aliphatic rings. The maximum Gasteiger partial charge on any atom is 0.269 e. The predicted molar refractivity (Wildman–Crippen MR) is 116 cm³/mol. The van der Waals surface area contributed by atoms with Gasteiger partial charge in [0.05, 0.1) is 18.1 Å². The van der Waals surface area contributed by atoms with E-state index in [1.807, 2.05) is 13.8 Å². The van der Waals surface area contributed by atoms with Gasteiger partial charge in [0.15, 0.2) is 11.8 Å². The third-order valence-corrected chi connectivity index (χ3v) is 8.25. The lowest BCUT2D eigenvalue weighted by Gasteiger charge is -2.61. The van der Waals surface area contributed by atoms with Crippen LogP contribution in [-0.4, -0.2) is 46.5 Å². The third kappa shape index (κ3) is 3.65. The number of amides is 1. The van der Waals surface area contributed by atoms with Gasteiger partial charge in [0.25, 0.3) is 5.69 Å². The second kappa shape index (κ2) is 8.30. The lowest BCUT2D eigenvalue weighted by atomic mass is 9.57. The molecule has 7 atom stereocenters. The molecule has 33 heavy (non-hydrogen) atoms. The monoisotopic (exact) mass is 460 g/mol. The Bertz CT molecular complexity index is 924. The van der Waals surface area contributed by atoms with Crippen LogP contribution in [0, 0.1) is 33.8 Å². The molecule has 1 saturated carbocycles. The largest absolute Gasteiger partial charge is 0.375 e. The van der Waals surface area contributed by atoms with Crippen molar-refractivity contribution in [2.24, 2.45) is 23.7 Å². The fourth-order valence-corrected chi connectivity index (χ4v) is 6.45. The Morgan fingerprint density at radius 1 is 1.15 bits per heavy atom. The van der Waals surface area contributed by atoms with Crippen LogP contribution in [0.3, 0.4) is 0 Å². The Morgan fingerprint density at radius 3 is 2.64 bits per heavy atom. The molecule has 1 spiro atoms. The minimum absolute atomic E-state index is 0.0491. The summed E-state index contributed by atoms with van der Waals surface area (Å²) in [6.45, 7) is 7.19. The van der Waals surface area contributed by atoms with Gasteiger partial charge in [-0.25, -0.2) is 9.78 Å². The summed E-state index contributed by atoms with van der Waals surface area (Å²) in [7, 11) is 0. The molecule has 5 fully saturated rings. The molecule has 0 N–H and O–H groups in total. The van der Waals surface area contributed by atoms with Crippen molar-refractivity contribution in [2.75, 3.05) is 13.2 Å². The van der Waals surface area contributed by atoms with Gasteiger partial charge in [-0.1, -0.05) is 13.8 Å². The van der Waals surface area contributed by atoms with Crippen LogP contribution in [0.5, 0.6) is 0 Å². The zero-order chi connectivity index (χ0) is 23.4. The summed E-state index contributed by atoms with van der Waals surface area (Å²) >= 11 is 0. The number of nitro groups is 1. The number of piperidine rings is 1. The summed E-state index contributed by atoms with van der Waals surface area (Å²) in [6, 6.07) is 6.30. The summed E-state index contributed by atoms with van der Waals surface area (Å²) in [4.78, 5) is 37.8. The molecule has 1 aromatic rings. The SMILES string of the molecule is C[C@@H]1CC[C@H]2[C@@H](C)C(=O)N(CCOCc3ccc([N+](=O)[O-])cc3)[C@@H]3O[C@@]4(C)CC[C@@H]1[C@@]23OO4. The number of fused-ring (bicyclic) bond motifs is 2. The van der Waals surface area contributed by atoms with Crippen LogP contribution in [0.2, 0.25) is 0 Å². The first kappa shape index (κ1) is 22.7. The Balaban J connectivity index is 1.32. The van der Waals surface area contributed by atoms with Gasteiger partial charge >= 0.3 is 0 Å². The number of hydrogen-bond donors (Lipinski definition) is 0. The van der Waals surface area contributed by atoms with Gasteiger partial charge < -0.3 is 14.4 Å². The van der Waals surface area contributed by atoms with Gasteiger partial charge in [-0.2, -0.15) is 0 Å². The first-order chi connectivity index (χ1) is 15.7. The topological polar surface area (TPSA) is 100 Å². The van der Waals surface area contributed by atoms with Crippen molar-refractivity contribution in [1.82, 2.24) is 4.90 Å². The number of hydrogen-bond acceptors (Lipinski definition) is 7. The van der Waals surface area contributed by atoms with E-state index in [2.05, 4.69) is 6.92 Å². The van der Waals surface area contributed by atoms with E-state index in [1.54, 1.807) is 17.0 Å². The highest BCUT2D eigenvalue weighted by Gasteiger charge is 2.70. The molecule has 4 heterocycles. The third-order valence-electron chi connectivity index (χ3n) is 8.25. The average Bonchev–Trinajstić information content (AvgIpc) is 3.03. The van der Waals surface area contributed by atoms with Crippen LogP contribution in [0.4, 0.5) is 5.69 Å². The molecule has 1 aliphatic carbocycles. The normalized spacial score (nSPS) is 39.8. The molecule has 2 bridgehead atoms. The van der Waals surface area contributed by atoms with Crippen molar-refractivity contribution in [3.05, 3.63) is 39.9 Å². The first-order valence-electron chi connectivity index (χ1n) is 11.9. The van der Waals surface area contributed by atoms with Gasteiger partial charge in [0.1, 0.15) is 0 Å². The quantitative estimate of drug-likeness (QED) is 0.275. The number of likely N-dealkylation sites (tertiary alicyclic amines) is 1. The molecule has 1 aromatic carbocycles. The van der Waals surface area contributed by atoms with Crippen LogP contribution in [0.1, 0.15) is 52.0 Å². The molecule has 4 aliphatic heterocycles. The number of benzene rings is 1. The van der Waals surface area contributed by atoms with Gasteiger partial charge in [-0.15, -0.1) is 0 Å². The van der Waals surface area contributed by atoms with E-state index < -0.39 is 22.5 Å². The molecule has 180 valence electrons. The zero-order valence-corrected chi connectivity index (χ0v) is 19.4. The van der Waals surface area contributed by atoms with Crippen molar-refractivity contribution >= 4 is 11.6 Å². The van der Waals surface area contributed by atoms with Crippen LogP contribution in [0.15, 0.2) is 24.3 Å². The maximum absolute atomic E-state index is 13.4. The summed E-state index contributed by atoms with van der Waals surface area (Å²) in [5.74, 6) is -0.169. The Morgan fingerprint density at radius 2 is 1.91 bits per heavy atom. The van der Waals surface area contributed by atoms with E-state index >= 15 is 0 Å².